The molecule has 1 amide bonds. The second-order valence-electron chi connectivity index (χ2n) is 5.31. The summed E-state index contributed by atoms with van der Waals surface area (Å²) in [5.74, 6) is -3.18. The van der Waals surface area contributed by atoms with Crippen LogP contribution in [0.1, 0.15) is 24.8 Å². The number of hydrogen-bond acceptors (Lipinski definition) is 3. The molecule has 1 N–H and O–H groups in total. The number of ether oxygens (including phenoxy) is 1. The van der Waals surface area contributed by atoms with Gasteiger partial charge in [0.05, 0.1) is 13.2 Å². The van der Waals surface area contributed by atoms with E-state index in [0.717, 1.165) is 12.1 Å². The average molecular weight is 313 g/mol. The van der Waals surface area contributed by atoms with Crippen LogP contribution in [0.15, 0.2) is 18.2 Å². The summed E-state index contributed by atoms with van der Waals surface area (Å²) in [5.41, 5.74) is 0.262. The van der Waals surface area contributed by atoms with Gasteiger partial charge in [0.2, 0.25) is 5.91 Å². The van der Waals surface area contributed by atoms with Gasteiger partial charge in [-0.15, -0.1) is 0 Å². The fourth-order valence-electron chi connectivity index (χ4n) is 2.43. The Balaban J connectivity index is 2.00. The van der Waals surface area contributed by atoms with Gasteiger partial charge in [0, 0.05) is 19.0 Å². The fourth-order valence-corrected chi connectivity index (χ4v) is 2.43. The summed E-state index contributed by atoms with van der Waals surface area (Å²) >= 11 is 0. The number of rotatable bonds is 4. The minimum absolute atomic E-state index is 0.0210. The summed E-state index contributed by atoms with van der Waals surface area (Å²) < 4.78 is 31.6. The normalized spacial score (nSPS) is 19.8. The Morgan fingerprint density at radius 1 is 1.45 bits per heavy atom. The lowest BCUT2D eigenvalue weighted by Gasteiger charge is -2.31. The van der Waals surface area contributed by atoms with E-state index in [0.29, 0.717) is 6.54 Å². The van der Waals surface area contributed by atoms with Crippen molar-refractivity contribution >= 4 is 11.9 Å². The molecule has 0 bridgehead atoms. The zero-order chi connectivity index (χ0) is 16.3. The molecule has 1 aromatic rings. The summed E-state index contributed by atoms with van der Waals surface area (Å²) in [6.07, 6.45) is -1.01. The lowest BCUT2D eigenvalue weighted by molar-refractivity contribution is -0.159. The first-order valence-electron chi connectivity index (χ1n) is 6.95. The molecule has 1 aliphatic heterocycles. The zero-order valence-corrected chi connectivity index (χ0v) is 12.1. The molecule has 5 nitrogen and oxygen atoms in total. The van der Waals surface area contributed by atoms with Crippen LogP contribution >= 0.6 is 0 Å². The molecular weight excluding hydrogens is 296 g/mol. The van der Waals surface area contributed by atoms with Crippen molar-refractivity contribution < 1.29 is 28.2 Å². The SMILES string of the molecule is CC(CC(=O)N1CCOC(C(=O)O)C1)c1ccc(F)cc1F. The number of aliphatic carboxylic acids is 1. The molecule has 0 aromatic heterocycles. The van der Waals surface area contributed by atoms with Gasteiger partial charge in [0.25, 0.3) is 0 Å². The molecule has 1 heterocycles. The summed E-state index contributed by atoms with van der Waals surface area (Å²) in [5, 5.41) is 8.91. The van der Waals surface area contributed by atoms with Gasteiger partial charge < -0.3 is 14.7 Å². The van der Waals surface area contributed by atoms with Crippen LogP contribution in [0.4, 0.5) is 8.78 Å². The first kappa shape index (κ1) is 16.4. The van der Waals surface area contributed by atoms with E-state index >= 15 is 0 Å². The molecule has 2 atom stereocenters. The number of carbonyl (C=O) groups excluding carboxylic acids is 1. The van der Waals surface area contributed by atoms with Crippen LogP contribution in [0.5, 0.6) is 0 Å². The quantitative estimate of drug-likeness (QED) is 0.920. The number of carbonyl (C=O) groups is 2. The third kappa shape index (κ3) is 3.79. The molecule has 1 aliphatic rings. The number of benzene rings is 1. The maximum absolute atomic E-state index is 13.7. The van der Waals surface area contributed by atoms with Crippen molar-refractivity contribution in [2.24, 2.45) is 0 Å². The maximum atomic E-state index is 13.7. The molecule has 0 radical (unpaired) electrons. The van der Waals surface area contributed by atoms with Crippen LogP contribution in [0.3, 0.4) is 0 Å². The molecule has 0 aliphatic carbocycles. The van der Waals surface area contributed by atoms with Crippen LogP contribution in [0, 0.1) is 11.6 Å². The van der Waals surface area contributed by atoms with Crippen LogP contribution < -0.4 is 0 Å². The van der Waals surface area contributed by atoms with E-state index < -0.39 is 29.6 Å². The number of hydrogen-bond donors (Lipinski definition) is 1. The topological polar surface area (TPSA) is 66.8 Å². The summed E-state index contributed by atoms with van der Waals surface area (Å²) in [6, 6.07) is 3.25. The number of halogens is 2. The zero-order valence-electron chi connectivity index (χ0n) is 12.1. The first-order valence-corrected chi connectivity index (χ1v) is 6.95. The Morgan fingerprint density at radius 2 is 2.18 bits per heavy atom. The first-order chi connectivity index (χ1) is 10.4. The van der Waals surface area contributed by atoms with Crippen LogP contribution in [0.25, 0.3) is 0 Å². The predicted octanol–water partition coefficient (Wildman–Crippen LogP) is 1.77. The van der Waals surface area contributed by atoms with Crippen molar-refractivity contribution in [2.45, 2.75) is 25.4 Å². The van der Waals surface area contributed by atoms with E-state index in [1.165, 1.54) is 11.0 Å². The van der Waals surface area contributed by atoms with E-state index in [-0.39, 0.29) is 31.0 Å². The van der Waals surface area contributed by atoms with E-state index in [2.05, 4.69) is 0 Å². The molecule has 1 saturated heterocycles. The molecule has 120 valence electrons. The summed E-state index contributed by atoms with van der Waals surface area (Å²) in [6.45, 7) is 2.11. The maximum Gasteiger partial charge on any atom is 0.334 e. The highest BCUT2D eigenvalue weighted by Crippen LogP contribution is 2.24. The lowest BCUT2D eigenvalue weighted by Crippen LogP contribution is -2.48. The molecule has 7 heteroatoms. The molecule has 0 saturated carbocycles. The molecule has 0 spiro atoms. The highest BCUT2D eigenvalue weighted by Gasteiger charge is 2.29. The largest absolute Gasteiger partial charge is 0.479 e. The van der Waals surface area contributed by atoms with Crippen LogP contribution in [-0.4, -0.2) is 47.7 Å². The van der Waals surface area contributed by atoms with Gasteiger partial charge in [-0.3, -0.25) is 4.79 Å². The number of amides is 1. The Hall–Kier alpha value is -2.02. The predicted molar refractivity (Wildman–Crippen MR) is 73.3 cm³/mol. The highest BCUT2D eigenvalue weighted by molar-refractivity contribution is 5.79. The Bertz CT molecular complexity index is 579. The minimum Gasteiger partial charge on any atom is -0.479 e. The van der Waals surface area contributed by atoms with Crippen LogP contribution in [-0.2, 0) is 14.3 Å². The van der Waals surface area contributed by atoms with E-state index in [1.807, 2.05) is 0 Å². The molecule has 1 aromatic carbocycles. The second-order valence-corrected chi connectivity index (χ2v) is 5.31. The van der Waals surface area contributed by atoms with E-state index in [4.69, 9.17) is 9.84 Å². The monoisotopic (exact) mass is 313 g/mol. The number of carboxylic acids is 1. The smallest absolute Gasteiger partial charge is 0.334 e. The van der Waals surface area contributed by atoms with E-state index in [1.54, 1.807) is 6.92 Å². The second kappa shape index (κ2) is 6.83. The van der Waals surface area contributed by atoms with Gasteiger partial charge in [-0.25, -0.2) is 13.6 Å². The van der Waals surface area contributed by atoms with Gasteiger partial charge in [0.15, 0.2) is 6.10 Å². The Morgan fingerprint density at radius 3 is 2.82 bits per heavy atom. The van der Waals surface area contributed by atoms with Crippen molar-refractivity contribution in [3.63, 3.8) is 0 Å². The van der Waals surface area contributed by atoms with Gasteiger partial charge in [0.1, 0.15) is 11.6 Å². The van der Waals surface area contributed by atoms with Crippen LogP contribution in [0.2, 0.25) is 0 Å². The highest BCUT2D eigenvalue weighted by atomic mass is 19.1. The average Bonchev–Trinajstić information content (AvgIpc) is 2.47. The van der Waals surface area contributed by atoms with Gasteiger partial charge in [-0.2, -0.15) is 0 Å². The lowest BCUT2D eigenvalue weighted by atomic mass is 9.96. The van der Waals surface area contributed by atoms with Crippen molar-refractivity contribution in [3.05, 3.63) is 35.4 Å². The third-order valence-corrected chi connectivity index (χ3v) is 3.67. The van der Waals surface area contributed by atoms with Crippen molar-refractivity contribution in [3.8, 4) is 0 Å². The fraction of sp³-hybridized carbons (Fsp3) is 0.467. The van der Waals surface area contributed by atoms with E-state index in [9.17, 15) is 18.4 Å². The minimum atomic E-state index is -1.12. The molecule has 2 rings (SSSR count). The Labute approximate surface area is 126 Å². The van der Waals surface area contributed by atoms with Gasteiger partial charge in [-0.05, 0) is 17.5 Å². The molecule has 1 fully saturated rings. The molecular formula is C15H17F2NO4. The number of nitrogens with zero attached hydrogens (tertiary/aromatic N) is 1. The number of morpholine rings is 1. The van der Waals surface area contributed by atoms with Crippen molar-refractivity contribution in [1.29, 1.82) is 0 Å². The van der Waals surface area contributed by atoms with Crippen molar-refractivity contribution in [2.75, 3.05) is 19.7 Å². The van der Waals surface area contributed by atoms with Gasteiger partial charge in [-0.1, -0.05) is 13.0 Å². The number of carboxylic acid groups (broad SMARTS) is 1. The van der Waals surface area contributed by atoms with Gasteiger partial charge >= 0.3 is 5.97 Å². The Kier molecular flexibility index (Phi) is 5.07. The summed E-state index contributed by atoms with van der Waals surface area (Å²) in [7, 11) is 0. The summed E-state index contributed by atoms with van der Waals surface area (Å²) in [4.78, 5) is 24.5. The van der Waals surface area contributed by atoms with Crippen molar-refractivity contribution in [1.82, 2.24) is 4.90 Å². The molecule has 22 heavy (non-hydrogen) atoms. The molecule has 2 unspecified atom stereocenters. The third-order valence-electron chi connectivity index (χ3n) is 3.67. The standard InChI is InChI=1S/C15H17F2NO4/c1-9(11-3-2-10(16)7-12(11)17)6-14(19)18-4-5-22-13(8-18)15(20)21/h2-3,7,9,13H,4-6,8H2,1H3,(H,20,21).